The van der Waals surface area contributed by atoms with Gasteiger partial charge in [-0.05, 0) is 24.7 Å². The quantitative estimate of drug-likeness (QED) is 0.708. The molecule has 3 N–H and O–H groups in total. The molecule has 21 heavy (non-hydrogen) atoms. The van der Waals surface area contributed by atoms with Crippen LogP contribution in [0.25, 0.3) is 0 Å². The van der Waals surface area contributed by atoms with Crippen molar-refractivity contribution < 1.29 is 14.3 Å². The first-order valence-electron chi connectivity index (χ1n) is 6.42. The maximum atomic E-state index is 11.5. The molecule has 0 aliphatic heterocycles. The smallest absolute Gasteiger partial charge is 0.221 e. The molecule has 0 aliphatic rings. The van der Waals surface area contributed by atoms with Crippen LogP contribution in [0.1, 0.15) is 18.9 Å². The molecule has 1 aromatic rings. The molecule has 0 bridgehead atoms. The van der Waals surface area contributed by atoms with Gasteiger partial charge in [-0.25, -0.2) is 0 Å². The first-order chi connectivity index (χ1) is 9.56. The third kappa shape index (κ3) is 6.97. The van der Waals surface area contributed by atoms with Crippen LogP contribution in [0.4, 0.5) is 5.69 Å². The Labute approximate surface area is 131 Å². The van der Waals surface area contributed by atoms with Crippen molar-refractivity contribution in [3.05, 3.63) is 23.8 Å². The van der Waals surface area contributed by atoms with Crippen LogP contribution in [-0.2, 0) is 16.1 Å². The third-order valence-corrected chi connectivity index (χ3v) is 2.67. The minimum atomic E-state index is -0.168. The van der Waals surface area contributed by atoms with Gasteiger partial charge in [-0.2, -0.15) is 0 Å². The Morgan fingerprint density at radius 2 is 2.00 bits per heavy atom. The summed E-state index contributed by atoms with van der Waals surface area (Å²) in [5, 5.41) is 8.44. The molecular formula is C14H22ClN3O3. The lowest BCUT2D eigenvalue weighted by molar-refractivity contribution is -0.121. The van der Waals surface area contributed by atoms with Gasteiger partial charge in [0.1, 0.15) is 5.75 Å². The Balaban J connectivity index is 0.00000400. The summed E-state index contributed by atoms with van der Waals surface area (Å²) in [7, 11) is 3.34. The Morgan fingerprint density at radius 1 is 1.29 bits per heavy atom. The van der Waals surface area contributed by atoms with Crippen molar-refractivity contribution >= 4 is 29.9 Å². The molecule has 0 saturated carbocycles. The zero-order chi connectivity index (χ0) is 15.0. The number of hydrogen-bond donors (Lipinski definition) is 3. The number of benzene rings is 1. The van der Waals surface area contributed by atoms with E-state index in [0.717, 1.165) is 5.56 Å². The molecule has 1 aromatic carbocycles. The number of ether oxygens (including phenoxy) is 1. The largest absolute Gasteiger partial charge is 0.495 e. The normalized spacial score (nSPS) is 9.48. The molecular weight excluding hydrogens is 294 g/mol. The number of hydrogen-bond acceptors (Lipinski definition) is 4. The van der Waals surface area contributed by atoms with Gasteiger partial charge in [-0.15, -0.1) is 12.4 Å². The van der Waals surface area contributed by atoms with Gasteiger partial charge in [0.05, 0.1) is 12.8 Å². The maximum absolute atomic E-state index is 11.5. The Morgan fingerprint density at radius 3 is 2.57 bits per heavy atom. The lowest BCUT2D eigenvalue weighted by atomic mass is 10.1. The average Bonchev–Trinajstić information content (AvgIpc) is 2.42. The number of nitrogens with one attached hydrogen (secondary N) is 3. The molecule has 0 aliphatic carbocycles. The van der Waals surface area contributed by atoms with Gasteiger partial charge in [0, 0.05) is 26.4 Å². The summed E-state index contributed by atoms with van der Waals surface area (Å²) in [5.41, 5.74) is 1.49. The summed E-state index contributed by atoms with van der Waals surface area (Å²) >= 11 is 0. The van der Waals surface area contributed by atoms with Crippen molar-refractivity contribution in [2.24, 2.45) is 0 Å². The minimum absolute atomic E-state index is 0. The molecule has 118 valence electrons. The van der Waals surface area contributed by atoms with Crippen LogP contribution in [-0.4, -0.2) is 32.5 Å². The molecule has 0 aromatic heterocycles. The van der Waals surface area contributed by atoms with Gasteiger partial charge in [0.15, 0.2) is 0 Å². The number of methoxy groups -OCH3 is 1. The molecule has 0 atom stereocenters. The molecule has 0 unspecified atom stereocenters. The number of amides is 2. The zero-order valence-electron chi connectivity index (χ0n) is 12.5. The summed E-state index contributed by atoms with van der Waals surface area (Å²) in [6.45, 7) is 2.50. The van der Waals surface area contributed by atoms with Crippen LogP contribution in [0.15, 0.2) is 18.2 Å². The van der Waals surface area contributed by atoms with E-state index in [1.807, 2.05) is 6.07 Å². The molecule has 0 saturated heterocycles. The van der Waals surface area contributed by atoms with Gasteiger partial charge in [-0.3, -0.25) is 9.59 Å². The van der Waals surface area contributed by atoms with E-state index in [9.17, 15) is 9.59 Å². The predicted molar refractivity (Wildman–Crippen MR) is 84.9 cm³/mol. The second kappa shape index (κ2) is 10.0. The van der Waals surface area contributed by atoms with Crippen LogP contribution < -0.4 is 20.7 Å². The number of halogens is 1. The minimum Gasteiger partial charge on any atom is -0.495 e. The van der Waals surface area contributed by atoms with Crippen molar-refractivity contribution in [3.63, 3.8) is 0 Å². The number of carbonyl (C=O) groups excluding carboxylic acids is 2. The first kappa shape index (κ1) is 19.2. The van der Waals surface area contributed by atoms with E-state index in [4.69, 9.17) is 4.74 Å². The van der Waals surface area contributed by atoms with Crippen LogP contribution in [0.3, 0.4) is 0 Å². The van der Waals surface area contributed by atoms with Gasteiger partial charge in [0.2, 0.25) is 11.8 Å². The standard InChI is InChI=1S/C14H21N3O3.ClH/c1-10(18)17-12-8-11(4-5-13(12)20-3)9-16-14(19)6-7-15-2;/h4-5,8,15H,6-7,9H2,1-3H3,(H,16,19)(H,17,18);1H. The molecule has 0 spiro atoms. The van der Waals surface area contributed by atoms with Crippen LogP contribution in [0.2, 0.25) is 0 Å². The predicted octanol–water partition coefficient (Wildman–Crippen LogP) is 1.30. The summed E-state index contributed by atoms with van der Waals surface area (Å²) in [6.07, 6.45) is 0.436. The fraction of sp³-hybridized carbons (Fsp3) is 0.429. The van der Waals surface area contributed by atoms with Gasteiger partial charge in [0.25, 0.3) is 0 Å². The molecule has 2 amide bonds. The zero-order valence-corrected chi connectivity index (χ0v) is 13.3. The maximum Gasteiger partial charge on any atom is 0.221 e. The van der Waals surface area contributed by atoms with Crippen molar-refractivity contribution in [1.82, 2.24) is 10.6 Å². The molecule has 0 fully saturated rings. The SMILES string of the molecule is CNCCC(=O)NCc1ccc(OC)c(NC(C)=O)c1.Cl. The molecule has 6 nitrogen and oxygen atoms in total. The van der Waals surface area contributed by atoms with E-state index in [-0.39, 0.29) is 24.2 Å². The van der Waals surface area contributed by atoms with Gasteiger partial charge >= 0.3 is 0 Å². The highest BCUT2D eigenvalue weighted by molar-refractivity contribution is 5.90. The van der Waals surface area contributed by atoms with Crippen molar-refractivity contribution in [1.29, 1.82) is 0 Å². The van der Waals surface area contributed by atoms with E-state index in [0.29, 0.717) is 30.9 Å². The molecule has 0 radical (unpaired) electrons. The van der Waals surface area contributed by atoms with Crippen LogP contribution in [0.5, 0.6) is 5.75 Å². The topological polar surface area (TPSA) is 79.5 Å². The van der Waals surface area contributed by atoms with Crippen molar-refractivity contribution in [3.8, 4) is 5.75 Å². The average molecular weight is 316 g/mol. The highest BCUT2D eigenvalue weighted by atomic mass is 35.5. The number of anilines is 1. The van der Waals surface area contributed by atoms with Gasteiger partial charge in [-0.1, -0.05) is 6.07 Å². The second-order valence-electron chi connectivity index (χ2n) is 4.35. The first-order valence-corrected chi connectivity index (χ1v) is 6.42. The lowest BCUT2D eigenvalue weighted by Gasteiger charge is -2.11. The summed E-state index contributed by atoms with van der Waals surface area (Å²) < 4.78 is 5.17. The van der Waals surface area contributed by atoms with E-state index < -0.39 is 0 Å². The highest BCUT2D eigenvalue weighted by Crippen LogP contribution is 2.25. The number of carbonyl (C=O) groups is 2. The van der Waals surface area contributed by atoms with Crippen LogP contribution >= 0.6 is 12.4 Å². The van der Waals surface area contributed by atoms with Gasteiger partial charge < -0.3 is 20.7 Å². The van der Waals surface area contributed by atoms with E-state index >= 15 is 0 Å². The van der Waals surface area contributed by atoms with Crippen LogP contribution in [0, 0.1) is 0 Å². The van der Waals surface area contributed by atoms with E-state index in [1.54, 1.807) is 26.3 Å². The Bertz CT molecular complexity index is 481. The summed E-state index contributed by atoms with van der Waals surface area (Å²) in [6, 6.07) is 5.40. The third-order valence-electron chi connectivity index (χ3n) is 2.67. The molecule has 1 rings (SSSR count). The molecule has 0 heterocycles. The lowest BCUT2D eigenvalue weighted by Crippen LogP contribution is -2.26. The summed E-state index contributed by atoms with van der Waals surface area (Å²) in [5.74, 6) is 0.403. The number of rotatable bonds is 7. The highest BCUT2D eigenvalue weighted by Gasteiger charge is 2.07. The fourth-order valence-electron chi connectivity index (χ4n) is 1.68. The summed E-state index contributed by atoms with van der Waals surface area (Å²) in [4.78, 5) is 22.6. The van der Waals surface area contributed by atoms with Crippen molar-refractivity contribution in [2.75, 3.05) is 26.0 Å². The fourth-order valence-corrected chi connectivity index (χ4v) is 1.68. The van der Waals surface area contributed by atoms with E-state index in [1.165, 1.54) is 6.92 Å². The molecule has 7 heteroatoms. The monoisotopic (exact) mass is 315 g/mol. The Hall–Kier alpha value is -1.79. The van der Waals surface area contributed by atoms with E-state index in [2.05, 4.69) is 16.0 Å². The van der Waals surface area contributed by atoms with Crippen molar-refractivity contribution in [2.45, 2.75) is 19.9 Å². The second-order valence-corrected chi connectivity index (χ2v) is 4.35. The Kier molecular flexibility index (Phi) is 9.16.